The summed E-state index contributed by atoms with van der Waals surface area (Å²) in [4.78, 5) is 50.9. The molecule has 2 saturated heterocycles. The maximum Gasteiger partial charge on any atom is 0.328 e. The third kappa shape index (κ3) is 2.25. The largest absolute Gasteiger partial charge is 0.480 e. The molecule has 0 bridgehead atoms. The molecule has 2 fully saturated rings. The van der Waals surface area contributed by atoms with Crippen molar-refractivity contribution in [2.24, 2.45) is 0 Å². The molecule has 3 aliphatic heterocycles. The third-order valence-electron chi connectivity index (χ3n) is 5.09. The summed E-state index contributed by atoms with van der Waals surface area (Å²) in [6.07, 6.45) is 1.28. The first kappa shape index (κ1) is 15.8. The predicted molar refractivity (Wildman–Crippen MR) is 84.4 cm³/mol. The molecule has 130 valence electrons. The van der Waals surface area contributed by atoms with Crippen LogP contribution in [0.15, 0.2) is 24.3 Å². The molecule has 8 nitrogen and oxygen atoms in total. The third-order valence-corrected chi connectivity index (χ3v) is 5.09. The zero-order chi connectivity index (χ0) is 17.7. The molecule has 3 aliphatic rings. The number of carboxylic acid groups (broad SMARTS) is 1. The van der Waals surface area contributed by atoms with E-state index in [1.54, 1.807) is 29.3 Å². The molecule has 3 heterocycles. The van der Waals surface area contributed by atoms with E-state index in [1.165, 1.54) is 5.01 Å². The summed E-state index contributed by atoms with van der Waals surface area (Å²) in [7, 11) is 0. The summed E-state index contributed by atoms with van der Waals surface area (Å²) < 4.78 is 0. The smallest absolute Gasteiger partial charge is 0.328 e. The molecule has 0 saturated carbocycles. The van der Waals surface area contributed by atoms with Crippen LogP contribution in [0.3, 0.4) is 0 Å². The molecule has 0 spiro atoms. The van der Waals surface area contributed by atoms with Crippen molar-refractivity contribution in [1.82, 2.24) is 14.9 Å². The van der Waals surface area contributed by atoms with Gasteiger partial charge in [0.05, 0.1) is 11.1 Å². The Balaban J connectivity index is 1.69. The number of rotatable bonds is 2. The van der Waals surface area contributed by atoms with Crippen LogP contribution in [-0.2, 0) is 9.59 Å². The van der Waals surface area contributed by atoms with Crippen molar-refractivity contribution in [1.29, 1.82) is 0 Å². The highest BCUT2D eigenvalue weighted by Crippen LogP contribution is 2.31. The number of carbonyl (C=O) groups is 4. The Morgan fingerprint density at radius 2 is 1.64 bits per heavy atom. The lowest BCUT2D eigenvalue weighted by molar-refractivity contribution is -0.160. The molecule has 0 radical (unpaired) electrons. The number of hydrogen-bond acceptors (Lipinski definition) is 5. The average Bonchev–Trinajstić information content (AvgIpc) is 3.08. The van der Waals surface area contributed by atoms with E-state index in [4.69, 9.17) is 0 Å². The van der Waals surface area contributed by atoms with E-state index >= 15 is 0 Å². The van der Waals surface area contributed by atoms with Crippen molar-refractivity contribution < 1.29 is 24.3 Å². The van der Waals surface area contributed by atoms with E-state index in [9.17, 15) is 24.3 Å². The van der Waals surface area contributed by atoms with Crippen LogP contribution in [0.1, 0.15) is 40.0 Å². The van der Waals surface area contributed by atoms with Gasteiger partial charge in [0.15, 0.2) is 0 Å². The van der Waals surface area contributed by atoms with E-state index in [-0.39, 0.29) is 11.1 Å². The maximum absolute atomic E-state index is 13.0. The zero-order valence-corrected chi connectivity index (χ0v) is 13.4. The maximum atomic E-state index is 13.0. The van der Waals surface area contributed by atoms with Crippen LogP contribution in [0.5, 0.6) is 0 Å². The second-order valence-electron chi connectivity index (χ2n) is 6.46. The van der Waals surface area contributed by atoms with Gasteiger partial charge >= 0.3 is 5.97 Å². The second-order valence-corrected chi connectivity index (χ2v) is 6.46. The zero-order valence-electron chi connectivity index (χ0n) is 13.4. The first-order valence-corrected chi connectivity index (χ1v) is 8.28. The molecule has 1 N–H and O–H groups in total. The fraction of sp³-hybridized carbons (Fsp3) is 0.412. The number of hydrazine groups is 1. The number of hydrogen-bond donors (Lipinski definition) is 1. The molecular formula is C17H17N3O5. The van der Waals surface area contributed by atoms with Gasteiger partial charge in [0.2, 0.25) is 0 Å². The molecule has 1 aromatic carbocycles. The number of fused-ring (bicyclic) bond motifs is 2. The number of carbonyl (C=O) groups excluding carboxylic acids is 3. The monoisotopic (exact) mass is 343 g/mol. The van der Waals surface area contributed by atoms with Gasteiger partial charge in [-0.15, -0.1) is 0 Å². The van der Waals surface area contributed by atoms with Gasteiger partial charge in [-0.3, -0.25) is 24.3 Å². The van der Waals surface area contributed by atoms with Crippen molar-refractivity contribution in [2.45, 2.75) is 31.3 Å². The van der Waals surface area contributed by atoms with Gasteiger partial charge < -0.3 is 5.11 Å². The van der Waals surface area contributed by atoms with Crippen LogP contribution in [-0.4, -0.2) is 68.9 Å². The molecule has 8 heteroatoms. The average molecular weight is 343 g/mol. The molecule has 3 amide bonds. The first-order chi connectivity index (χ1) is 12.0. The highest BCUT2D eigenvalue weighted by Gasteiger charge is 2.49. The lowest BCUT2D eigenvalue weighted by atomic mass is 10.1. The fourth-order valence-electron chi connectivity index (χ4n) is 3.91. The Morgan fingerprint density at radius 3 is 2.24 bits per heavy atom. The summed E-state index contributed by atoms with van der Waals surface area (Å²) in [5.41, 5.74) is 0.579. The minimum Gasteiger partial charge on any atom is -0.480 e. The lowest BCUT2D eigenvalue weighted by Gasteiger charge is -2.32. The number of imide groups is 1. The van der Waals surface area contributed by atoms with E-state index in [0.29, 0.717) is 32.4 Å². The number of carboxylic acids is 1. The van der Waals surface area contributed by atoms with Crippen LogP contribution >= 0.6 is 0 Å². The highest BCUT2D eigenvalue weighted by atomic mass is 16.4. The molecule has 25 heavy (non-hydrogen) atoms. The fourth-order valence-corrected chi connectivity index (χ4v) is 3.91. The van der Waals surface area contributed by atoms with Crippen LogP contribution in [0, 0.1) is 0 Å². The molecule has 0 unspecified atom stereocenters. The van der Waals surface area contributed by atoms with Crippen molar-refractivity contribution in [3.05, 3.63) is 35.4 Å². The molecular weight excluding hydrogens is 326 g/mol. The quantitative estimate of drug-likeness (QED) is 0.778. The van der Waals surface area contributed by atoms with Crippen LogP contribution in [0.25, 0.3) is 0 Å². The summed E-state index contributed by atoms with van der Waals surface area (Å²) >= 11 is 0. The minimum atomic E-state index is -1.07. The molecule has 0 aliphatic carbocycles. The summed E-state index contributed by atoms with van der Waals surface area (Å²) in [6.45, 7) is 1.02. The Hall–Kier alpha value is -2.74. The van der Waals surface area contributed by atoms with Crippen LogP contribution < -0.4 is 0 Å². The Labute approximate surface area is 143 Å². The van der Waals surface area contributed by atoms with Gasteiger partial charge in [-0.25, -0.2) is 9.80 Å². The predicted octanol–water partition coefficient (Wildman–Crippen LogP) is 0.347. The lowest BCUT2D eigenvalue weighted by Crippen LogP contribution is -2.55. The molecule has 2 atom stereocenters. The first-order valence-electron chi connectivity index (χ1n) is 8.28. The highest BCUT2D eigenvalue weighted by molar-refractivity contribution is 6.22. The Kier molecular flexibility index (Phi) is 3.57. The van der Waals surface area contributed by atoms with Crippen molar-refractivity contribution in [3.8, 4) is 0 Å². The molecule has 4 rings (SSSR count). The van der Waals surface area contributed by atoms with Gasteiger partial charge in [0.25, 0.3) is 17.7 Å². The van der Waals surface area contributed by atoms with Crippen molar-refractivity contribution in [3.63, 3.8) is 0 Å². The van der Waals surface area contributed by atoms with Gasteiger partial charge in [0, 0.05) is 13.1 Å². The number of amides is 3. The van der Waals surface area contributed by atoms with E-state index in [1.807, 2.05) is 0 Å². The van der Waals surface area contributed by atoms with E-state index in [2.05, 4.69) is 0 Å². The number of benzene rings is 1. The standard InChI is InChI=1S/C17H17N3O5/c21-14-10-4-1-2-5-11(10)15(22)19(14)12-6-3-8-18-9-7-13(17(24)25)20(18)16(12)23/h1-2,4-5,12-13H,3,6-9H2,(H,24,25)/t12-,13-/m0/s1. The van der Waals surface area contributed by atoms with Gasteiger partial charge in [0.1, 0.15) is 12.1 Å². The number of nitrogens with zero attached hydrogens (tertiary/aromatic N) is 3. The normalized spacial score (nSPS) is 26.6. The topological polar surface area (TPSA) is 98.2 Å². The second kappa shape index (κ2) is 5.66. The van der Waals surface area contributed by atoms with Crippen molar-refractivity contribution >= 4 is 23.7 Å². The van der Waals surface area contributed by atoms with Gasteiger partial charge in [-0.1, -0.05) is 12.1 Å². The minimum absolute atomic E-state index is 0.289. The summed E-state index contributed by atoms with van der Waals surface area (Å²) in [5.74, 6) is -2.53. The van der Waals surface area contributed by atoms with Crippen LogP contribution in [0.4, 0.5) is 0 Å². The molecule has 1 aromatic rings. The van der Waals surface area contributed by atoms with Crippen LogP contribution in [0.2, 0.25) is 0 Å². The summed E-state index contributed by atoms with van der Waals surface area (Å²) in [5, 5.41) is 12.4. The van der Waals surface area contributed by atoms with Crippen molar-refractivity contribution in [2.75, 3.05) is 13.1 Å². The summed E-state index contributed by atoms with van der Waals surface area (Å²) in [6, 6.07) is 4.58. The Bertz CT molecular complexity index is 757. The van der Waals surface area contributed by atoms with Gasteiger partial charge in [-0.05, 0) is 31.4 Å². The Morgan fingerprint density at radius 1 is 1.00 bits per heavy atom. The van der Waals surface area contributed by atoms with E-state index < -0.39 is 35.8 Å². The number of aliphatic carboxylic acids is 1. The van der Waals surface area contributed by atoms with Gasteiger partial charge in [-0.2, -0.15) is 0 Å². The SMILES string of the molecule is O=C(O)[C@@H]1CCN2CCC[C@H](N3C(=O)c4ccccc4C3=O)C(=O)N12. The van der Waals surface area contributed by atoms with E-state index in [0.717, 1.165) is 4.90 Å². The molecule has 0 aromatic heterocycles.